The van der Waals surface area contributed by atoms with Crippen molar-refractivity contribution in [1.29, 1.82) is 0 Å². The van der Waals surface area contributed by atoms with Crippen molar-refractivity contribution in [3.8, 4) is 0 Å². The zero-order valence-corrected chi connectivity index (χ0v) is 11.2. The van der Waals surface area contributed by atoms with Crippen LogP contribution in [0.3, 0.4) is 0 Å². The van der Waals surface area contributed by atoms with Gasteiger partial charge in [-0.1, -0.05) is 26.8 Å². The second kappa shape index (κ2) is 5.13. The number of carbonyl (C=O) groups excluding carboxylic acids is 1. The van der Waals surface area contributed by atoms with E-state index in [-0.39, 0.29) is 5.91 Å². The summed E-state index contributed by atoms with van der Waals surface area (Å²) in [6.07, 6.45) is 5.48. The number of carbonyl (C=O) groups is 1. The van der Waals surface area contributed by atoms with E-state index >= 15 is 0 Å². The highest BCUT2D eigenvalue weighted by Crippen LogP contribution is 2.20. The molecule has 17 heavy (non-hydrogen) atoms. The highest BCUT2D eigenvalue weighted by molar-refractivity contribution is 5.94. The van der Waals surface area contributed by atoms with Crippen LogP contribution in [0.2, 0.25) is 0 Å². The fourth-order valence-corrected chi connectivity index (χ4v) is 1.21. The Labute approximate surface area is 103 Å². The minimum absolute atomic E-state index is 0.00502. The van der Waals surface area contributed by atoms with E-state index in [4.69, 9.17) is 0 Å². The molecule has 3 heteroatoms. The maximum absolute atomic E-state index is 11.8. The molecule has 1 N–H and O–H groups in total. The number of allylic oxidation sites excluding steroid dienone is 2. The van der Waals surface area contributed by atoms with Gasteiger partial charge in [0.15, 0.2) is 0 Å². The van der Waals surface area contributed by atoms with Gasteiger partial charge < -0.3 is 5.32 Å². The summed E-state index contributed by atoms with van der Waals surface area (Å²) in [5, 5.41) is 2.87. The second-order valence-corrected chi connectivity index (χ2v) is 5.14. The molecular weight excluding hydrogens is 212 g/mol. The maximum atomic E-state index is 11.8. The number of aromatic nitrogens is 1. The molecule has 1 aromatic rings. The molecular formula is C14H20N2O. The number of pyridine rings is 1. The van der Waals surface area contributed by atoms with Crippen molar-refractivity contribution in [2.45, 2.75) is 34.6 Å². The first-order chi connectivity index (χ1) is 7.84. The van der Waals surface area contributed by atoms with Crippen LogP contribution in [0.5, 0.6) is 0 Å². The topological polar surface area (TPSA) is 42.0 Å². The van der Waals surface area contributed by atoms with Crippen LogP contribution in [0.15, 0.2) is 24.5 Å². The van der Waals surface area contributed by atoms with Crippen LogP contribution in [0.1, 0.15) is 40.2 Å². The van der Waals surface area contributed by atoms with E-state index < -0.39 is 5.41 Å². The van der Waals surface area contributed by atoms with Crippen LogP contribution in [0.25, 0.3) is 5.57 Å². The largest absolute Gasteiger partial charge is 0.324 e. The average Bonchev–Trinajstić information content (AvgIpc) is 2.27. The first-order valence-corrected chi connectivity index (χ1v) is 5.74. The summed E-state index contributed by atoms with van der Waals surface area (Å²) >= 11 is 0. The quantitative estimate of drug-likeness (QED) is 0.848. The molecule has 0 spiro atoms. The van der Waals surface area contributed by atoms with Gasteiger partial charge in [-0.3, -0.25) is 9.78 Å². The van der Waals surface area contributed by atoms with Crippen LogP contribution in [-0.2, 0) is 4.79 Å². The van der Waals surface area contributed by atoms with E-state index in [0.717, 1.165) is 16.8 Å². The van der Waals surface area contributed by atoms with Crippen LogP contribution in [0.4, 0.5) is 5.69 Å². The lowest BCUT2D eigenvalue weighted by atomic mass is 9.95. The van der Waals surface area contributed by atoms with E-state index in [2.05, 4.69) is 10.3 Å². The summed E-state index contributed by atoms with van der Waals surface area (Å²) < 4.78 is 0. The number of nitrogens with zero attached hydrogens (tertiary/aromatic N) is 1. The van der Waals surface area contributed by atoms with E-state index in [1.807, 2.05) is 46.8 Å². The molecule has 0 aliphatic carbocycles. The van der Waals surface area contributed by atoms with Crippen molar-refractivity contribution in [1.82, 2.24) is 4.98 Å². The van der Waals surface area contributed by atoms with E-state index in [1.54, 1.807) is 12.4 Å². The van der Waals surface area contributed by atoms with Crippen LogP contribution < -0.4 is 5.32 Å². The molecule has 3 nitrogen and oxygen atoms in total. The molecule has 0 unspecified atom stereocenters. The van der Waals surface area contributed by atoms with Crippen molar-refractivity contribution < 1.29 is 4.79 Å². The van der Waals surface area contributed by atoms with Gasteiger partial charge in [0.25, 0.3) is 0 Å². The van der Waals surface area contributed by atoms with E-state index in [1.165, 1.54) is 0 Å². The Morgan fingerprint density at radius 2 is 2.00 bits per heavy atom. The molecule has 0 radical (unpaired) electrons. The minimum atomic E-state index is -0.397. The SMILES string of the molecule is CC=C(C)c1cncc(NC(=O)C(C)(C)C)c1. The number of anilines is 1. The zero-order chi connectivity index (χ0) is 13.1. The number of nitrogens with one attached hydrogen (secondary N) is 1. The van der Waals surface area contributed by atoms with Crippen LogP contribution in [0, 0.1) is 5.41 Å². The standard InChI is InChI=1S/C14H20N2O/c1-6-10(2)11-7-12(9-15-8-11)16-13(17)14(3,4)5/h6-9H,1-5H3,(H,16,17). The van der Waals surface area contributed by atoms with Crippen LogP contribution in [-0.4, -0.2) is 10.9 Å². The molecule has 0 atom stereocenters. The Balaban J connectivity index is 2.91. The Morgan fingerprint density at radius 1 is 1.35 bits per heavy atom. The first kappa shape index (κ1) is 13.4. The molecule has 1 aromatic heterocycles. The fraction of sp³-hybridized carbons (Fsp3) is 0.429. The van der Waals surface area contributed by atoms with Gasteiger partial charge in [0, 0.05) is 11.6 Å². The molecule has 0 fully saturated rings. The van der Waals surface area contributed by atoms with Crippen molar-refractivity contribution >= 4 is 17.2 Å². The predicted molar refractivity (Wildman–Crippen MR) is 71.6 cm³/mol. The van der Waals surface area contributed by atoms with Crippen LogP contribution >= 0.6 is 0 Å². The highest BCUT2D eigenvalue weighted by atomic mass is 16.2. The summed E-state index contributed by atoms with van der Waals surface area (Å²) in [7, 11) is 0. The van der Waals surface area contributed by atoms with Gasteiger partial charge in [-0.2, -0.15) is 0 Å². The molecule has 1 amide bonds. The number of amides is 1. The van der Waals surface area contributed by atoms with Crippen molar-refractivity contribution in [2.75, 3.05) is 5.32 Å². The van der Waals surface area contributed by atoms with E-state index in [9.17, 15) is 4.79 Å². The molecule has 0 bridgehead atoms. The zero-order valence-electron chi connectivity index (χ0n) is 11.2. The van der Waals surface area contributed by atoms with Gasteiger partial charge in [-0.05, 0) is 31.1 Å². The number of hydrogen-bond acceptors (Lipinski definition) is 2. The van der Waals surface area contributed by atoms with Gasteiger partial charge in [0.2, 0.25) is 5.91 Å². The predicted octanol–water partition coefficient (Wildman–Crippen LogP) is 3.49. The Bertz CT molecular complexity index is 442. The fourth-order valence-electron chi connectivity index (χ4n) is 1.21. The Kier molecular flexibility index (Phi) is 4.05. The summed E-state index contributed by atoms with van der Waals surface area (Å²) in [6.45, 7) is 9.66. The van der Waals surface area contributed by atoms with Gasteiger partial charge in [-0.15, -0.1) is 0 Å². The van der Waals surface area contributed by atoms with Crippen molar-refractivity contribution in [3.63, 3.8) is 0 Å². The Hall–Kier alpha value is -1.64. The lowest BCUT2D eigenvalue weighted by molar-refractivity contribution is -0.123. The highest BCUT2D eigenvalue weighted by Gasteiger charge is 2.21. The summed E-state index contributed by atoms with van der Waals surface area (Å²) in [5.74, 6) is -0.00502. The minimum Gasteiger partial charge on any atom is -0.324 e. The van der Waals surface area contributed by atoms with E-state index in [0.29, 0.717) is 0 Å². The molecule has 92 valence electrons. The monoisotopic (exact) mass is 232 g/mol. The first-order valence-electron chi connectivity index (χ1n) is 5.74. The third kappa shape index (κ3) is 3.70. The third-order valence-corrected chi connectivity index (χ3v) is 2.57. The van der Waals surface area contributed by atoms with Crippen molar-refractivity contribution in [3.05, 3.63) is 30.1 Å². The van der Waals surface area contributed by atoms with Gasteiger partial charge in [0.1, 0.15) is 0 Å². The number of hydrogen-bond donors (Lipinski definition) is 1. The molecule has 1 heterocycles. The van der Waals surface area contributed by atoms with Gasteiger partial charge in [-0.25, -0.2) is 0 Å². The summed E-state index contributed by atoms with van der Waals surface area (Å²) in [5.41, 5.74) is 2.51. The lowest BCUT2D eigenvalue weighted by Crippen LogP contribution is -2.27. The lowest BCUT2D eigenvalue weighted by Gasteiger charge is -2.17. The Morgan fingerprint density at radius 3 is 2.53 bits per heavy atom. The van der Waals surface area contributed by atoms with Crippen molar-refractivity contribution in [2.24, 2.45) is 5.41 Å². The molecule has 0 saturated carbocycles. The molecule has 0 aliphatic heterocycles. The molecule has 0 saturated heterocycles. The maximum Gasteiger partial charge on any atom is 0.229 e. The van der Waals surface area contributed by atoms with Gasteiger partial charge in [0.05, 0.1) is 11.9 Å². The number of rotatable bonds is 2. The average molecular weight is 232 g/mol. The normalized spacial score (nSPS) is 12.4. The third-order valence-electron chi connectivity index (χ3n) is 2.57. The smallest absolute Gasteiger partial charge is 0.229 e. The molecule has 1 rings (SSSR count). The molecule has 0 aromatic carbocycles. The second-order valence-electron chi connectivity index (χ2n) is 5.14. The van der Waals surface area contributed by atoms with Gasteiger partial charge >= 0.3 is 0 Å². The molecule has 0 aliphatic rings. The summed E-state index contributed by atoms with van der Waals surface area (Å²) in [6, 6.07) is 1.94. The summed E-state index contributed by atoms with van der Waals surface area (Å²) in [4.78, 5) is 16.0.